The lowest BCUT2D eigenvalue weighted by molar-refractivity contribution is 0.999. The average molecular weight is 342 g/mol. The van der Waals surface area contributed by atoms with E-state index in [4.69, 9.17) is 11.6 Å². The van der Waals surface area contributed by atoms with Crippen LogP contribution < -0.4 is 14.4 Å². The first-order valence-corrected chi connectivity index (χ1v) is 10.1. The molecule has 0 radical (unpaired) electrons. The highest BCUT2D eigenvalue weighted by molar-refractivity contribution is 8.06. The van der Waals surface area contributed by atoms with Gasteiger partial charge in [-0.2, -0.15) is 0 Å². The summed E-state index contributed by atoms with van der Waals surface area (Å²) in [6, 6.07) is 0. The SMILES string of the molecule is O=c1ssc2c1N(CCCl)c1c(ssc1=O)S2. The molecule has 3 heterocycles. The van der Waals surface area contributed by atoms with Crippen molar-refractivity contribution in [2.75, 3.05) is 17.3 Å². The zero-order valence-corrected chi connectivity index (χ0v) is 12.9. The van der Waals surface area contributed by atoms with E-state index in [0.717, 1.165) is 8.42 Å². The van der Waals surface area contributed by atoms with Gasteiger partial charge in [-0.25, -0.2) is 0 Å². The summed E-state index contributed by atoms with van der Waals surface area (Å²) >= 11 is 7.29. The van der Waals surface area contributed by atoms with Crippen LogP contribution in [0.15, 0.2) is 18.0 Å². The fraction of sp³-hybridized carbons (Fsp3) is 0.250. The Labute approximate surface area is 120 Å². The standard InChI is InChI=1S/C8H4ClNO2S5/c9-1-2-10-3-5(11)14-16-7(3)13-8-4(10)6(12)15-17-8/h1-2H2. The molecule has 0 N–H and O–H groups in total. The molecule has 9 heteroatoms. The molecule has 1 aliphatic rings. The molecule has 1 aliphatic heterocycles. The Morgan fingerprint density at radius 3 is 1.94 bits per heavy atom. The molecule has 0 bridgehead atoms. The van der Waals surface area contributed by atoms with Gasteiger partial charge in [-0.15, -0.1) is 11.6 Å². The van der Waals surface area contributed by atoms with Crippen LogP contribution in [-0.4, -0.2) is 12.4 Å². The van der Waals surface area contributed by atoms with Crippen molar-refractivity contribution in [3.05, 3.63) is 19.1 Å². The van der Waals surface area contributed by atoms with E-state index in [9.17, 15) is 9.59 Å². The van der Waals surface area contributed by atoms with E-state index in [2.05, 4.69) is 0 Å². The van der Waals surface area contributed by atoms with Crippen LogP contribution in [0.25, 0.3) is 0 Å². The molecule has 0 amide bonds. The first-order chi connectivity index (χ1) is 8.22. The number of hydrogen-bond acceptors (Lipinski definition) is 8. The minimum absolute atomic E-state index is 0.0175. The molecule has 0 fully saturated rings. The largest absolute Gasteiger partial charge is 0.329 e. The van der Waals surface area contributed by atoms with Crippen LogP contribution in [0, 0.1) is 0 Å². The normalized spacial score (nSPS) is 13.6. The van der Waals surface area contributed by atoms with Crippen molar-refractivity contribution in [1.82, 2.24) is 0 Å². The van der Waals surface area contributed by atoms with Gasteiger partial charge >= 0.3 is 0 Å². The van der Waals surface area contributed by atoms with E-state index in [-0.39, 0.29) is 9.48 Å². The molecule has 0 aromatic carbocycles. The van der Waals surface area contributed by atoms with Crippen molar-refractivity contribution in [3.63, 3.8) is 0 Å². The van der Waals surface area contributed by atoms with Crippen LogP contribution in [0.1, 0.15) is 0 Å². The molecule has 0 aliphatic carbocycles. The van der Waals surface area contributed by atoms with Crippen LogP contribution >= 0.6 is 64.7 Å². The molecule has 17 heavy (non-hydrogen) atoms. The number of anilines is 2. The van der Waals surface area contributed by atoms with E-state index >= 15 is 0 Å². The second-order valence-corrected chi connectivity index (χ2v) is 9.26. The van der Waals surface area contributed by atoms with Gasteiger partial charge in [-0.1, -0.05) is 32.4 Å². The third-order valence-electron chi connectivity index (χ3n) is 2.19. The lowest BCUT2D eigenvalue weighted by Gasteiger charge is -2.25. The first-order valence-electron chi connectivity index (χ1n) is 4.50. The Bertz CT molecular complexity index is 614. The third-order valence-corrected chi connectivity index (χ3v) is 8.71. The van der Waals surface area contributed by atoms with Crippen molar-refractivity contribution >= 4 is 76.1 Å². The fourth-order valence-corrected chi connectivity index (χ4v) is 8.21. The quantitative estimate of drug-likeness (QED) is 0.619. The number of alkyl halides is 1. The molecule has 0 saturated carbocycles. The van der Waals surface area contributed by atoms with Gasteiger partial charge in [-0.05, 0) is 20.7 Å². The monoisotopic (exact) mass is 341 g/mol. The summed E-state index contributed by atoms with van der Waals surface area (Å²) in [7, 11) is 5.37. The molecule has 2 aromatic heterocycles. The Balaban J connectivity index is 2.24. The second-order valence-electron chi connectivity index (χ2n) is 3.12. The number of hydrogen-bond donors (Lipinski definition) is 0. The summed E-state index contributed by atoms with van der Waals surface area (Å²) in [6.45, 7) is 0.500. The average Bonchev–Trinajstić information content (AvgIpc) is 2.85. The summed E-state index contributed by atoms with van der Waals surface area (Å²) in [5, 5.41) is 0. The highest BCUT2D eigenvalue weighted by Crippen LogP contribution is 2.51. The summed E-state index contributed by atoms with van der Waals surface area (Å²) in [5.41, 5.74) is 1.28. The fourth-order valence-electron chi connectivity index (χ4n) is 1.55. The van der Waals surface area contributed by atoms with Crippen molar-refractivity contribution in [2.24, 2.45) is 0 Å². The Morgan fingerprint density at radius 2 is 1.47 bits per heavy atom. The topological polar surface area (TPSA) is 37.4 Å². The number of fused-ring (bicyclic) bond motifs is 2. The number of halogens is 1. The highest BCUT2D eigenvalue weighted by Gasteiger charge is 2.31. The predicted molar refractivity (Wildman–Crippen MR) is 78.8 cm³/mol. The molecule has 0 atom stereocenters. The summed E-state index contributed by atoms with van der Waals surface area (Å²) in [5.74, 6) is 0.392. The molecule has 90 valence electrons. The minimum atomic E-state index is 0.0175. The Morgan fingerprint density at radius 1 is 0.941 bits per heavy atom. The molecule has 0 unspecified atom stereocenters. The van der Waals surface area contributed by atoms with Crippen LogP contribution in [-0.2, 0) is 0 Å². The molecule has 2 aromatic rings. The molecular weight excluding hydrogens is 338 g/mol. The third kappa shape index (κ3) is 1.91. The van der Waals surface area contributed by atoms with Crippen molar-refractivity contribution in [1.29, 1.82) is 0 Å². The zero-order chi connectivity index (χ0) is 12.0. The summed E-state index contributed by atoms with van der Waals surface area (Å²) < 4.78 is 1.99. The lowest BCUT2D eigenvalue weighted by atomic mass is 10.4. The lowest BCUT2D eigenvalue weighted by Crippen LogP contribution is -2.28. The first kappa shape index (κ1) is 12.2. The smallest absolute Gasteiger partial charge is 0.267 e. The predicted octanol–water partition coefficient (Wildman–Crippen LogP) is 3.49. The van der Waals surface area contributed by atoms with Crippen LogP contribution in [0.3, 0.4) is 0 Å². The number of rotatable bonds is 2. The molecule has 3 nitrogen and oxygen atoms in total. The maximum atomic E-state index is 11.8. The van der Waals surface area contributed by atoms with E-state index in [1.807, 2.05) is 0 Å². The van der Waals surface area contributed by atoms with Gasteiger partial charge in [0.25, 0.3) is 9.48 Å². The maximum absolute atomic E-state index is 11.8. The highest BCUT2D eigenvalue weighted by atomic mass is 35.5. The van der Waals surface area contributed by atoms with Crippen LogP contribution in [0.2, 0.25) is 0 Å². The maximum Gasteiger partial charge on any atom is 0.267 e. The van der Waals surface area contributed by atoms with Gasteiger partial charge in [0, 0.05) is 12.4 Å². The summed E-state index contributed by atoms with van der Waals surface area (Å²) in [4.78, 5) is 25.4. The van der Waals surface area contributed by atoms with E-state index in [1.54, 1.807) is 4.90 Å². The van der Waals surface area contributed by atoms with Gasteiger partial charge in [0.1, 0.15) is 19.8 Å². The summed E-state index contributed by atoms with van der Waals surface area (Å²) in [6.07, 6.45) is 0. The van der Waals surface area contributed by atoms with Crippen LogP contribution in [0.5, 0.6) is 0 Å². The van der Waals surface area contributed by atoms with Crippen molar-refractivity contribution in [2.45, 2.75) is 8.42 Å². The minimum Gasteiger partial charge on any atom is -0.329 e. The second kappa shape index (κ2) is 4.67. The van der Waals surface area contributed by atoms with Gasteiger partial charge in [-0.3, -0.25) is 9.59 Å². The Kier molecular flexibility index (Phi) is 3.35. The Hall–Kier alpha value is 0.140. The van der Waals surface area contributed by atoms with E-state index < -0.39 is 0 Å². The molecule has 0 spiro atoms. The number of nitrogens with zero attached hydrogens (tertiary/aromatic N) is 1. The van der Waals surface area contributed by atoms with Gasteiger partial charge in [0.15, 0.2) is 0 Å². The van der Waals surface area contributed by atoms with Crippen LogP contribution in [0.4, 0.5) is 11.4 Å². The molecule has 3 rings (SSSR count). The molecular formula is C8H4ClNO2S5. The van der Waals surface area contributed by atoms with Gasteiger partial charge < -0.3 is 4.90 Å². The van der Waals surface area contributed by atoms with Gasteiger partial charge in [0.2, 0.25) is 0 Å². The van der Waals surface area contributed by atoms with Crippen molar-refractivity contribution < 1.29 is 0 Å². The van der Waals surface area contributed by atoms with Gasteiger partial charge in [0.05, 0.1) is 0 Å². The molecule has 0 saturated heterocycles. The van der Waals surface area contributed by atoms with E-state index in [1.165, 1.54) is 53.1 Å². The van der Waals surface area contributed by atoms with E-state index in [0.29, 0.717) is 23.8 Å². The zero-order valence-electron chi connectivity index (χ0n) is 8.10. The van der Waals surface area contributed by atoms with Crippen molar-refractivity contribution in [3.8, 4) is 0 Å².